The molecule has 1 aromatic heterocycles. The Labute approximate surface area is 113 Å². The maximum atomic E-state index is 5.15. The van der Waals surface area contributed by atoms with Crippen LogP contribution in [0.15, 0.2) is 9.52 Å². The standard InChI is InChI=1S/C13H21N3OS/c1-8(2)5-11-6-14-13(18-11)15-7-12-9(3)16-17-10(12)4/h8,11H,5-7H2,1-4H3,(H,14,15). The summed E-state index contributed by atoms with van der Waals surface area (Å²) in [6, 6.07) is 0. The number of hydrogen-bond acceptors (Lipinski definition) is 5. The molecule has 0 radical (unpaired) electrons. The van der Waals surface area contributed by atoms with Crippen LogP contribution in [0.4, 0.5) is 0 Å². The third-order valence-electron chi connectivity index (χ3n) is 3.05. The van der Waals surface area contributed by atoms with Crippen molar-refractivity contribution in [1.29, 1.82) is 0 Å². The van der Waals surface area contributed by atoms with E-state index in [1.165, 1.54) is 6.42 Å². The van der Waals surface area contributed by atoms with Gasteiger partial charge < -0.3 is 9.84 Å². The zero-order valence-electron chi connectivity index (χ0n) is 11.5. The van der Waals surface area contributed by atoms with Gasteiger partial charge in [-0.1, -0.05) is 30.8 Å². The topological polar surface area (TPSA) is 50.4 Å². The van der Waals surface area contributed by atoms with Gasteiger partial charge >= 0.3 is 0 Å². The lowest BCUT2D eigenvalue weighted by atomic mass is 10.1. The van der Waals surface area contributed by atoms with Crippen molar-refractivity contribution in [1.82, 2.24) is 10.5 Å². The predicted molar refractivity (Wildman–Crippen MR) is 76.0 cm³/mol. The molecule has 1 aromatic rings. The van der Waals surface area contributed by atoms with Crippen molar-refractivity contribution in [3.05, 3.63) is 17.0 Å². The van der Waals surface area contributed by atoms with Crippen LogP contribution in [-0.2, 0) is 6.54 Å². The molecule has 0 fully saturated rings. The molecule has 1 aliphatic rings. The third-order valence-corrected chi connectivity index (χ3v) is 4.22. The monoisotopic (exact) mass is 267 g/mol. The van der Waals surface area contributed by atoms with E-state index >= 15 is 0 Å². The van der Waals surface area contributed by atoms with Gasteiger partial charge in [-0.25, -0.2) is 0 Å². The number of aliphatic imine (C=N–C) groups is 1. The molecule has 4 nitrogen and oxygen atoms in total. The molecule has 0 amide bonds. The van der Waals surface area contributed by atoms with Gasteiger partial charge in [0.2, 0.25) is 0 Å². The number of thioether (sulfide) groups is 1. The minimum Gasteiger partial charge on any atom is -0.361 e. The highest BCUT2D eigenvalue weighted by Gasteiger charge is 2.20. The molecule has 1 aliphatic heterocycles. The molecule has 18 heavy (non-hydrogen) atoms. The molecule has 0 saturated heterocycles. The lowest BCUT2D eigenvalue weighted by molar-refractivity contribution is 0.392. The fourth-order valence-electron chi connectivity index (χ4n) is 2.08. The normalized spacial score (nSPS) is 19.4. The van der Waals surface area contributed by atoms with Crippen LogP contribution < -0.4 is 5.32 Å². The summed E-state index contributed by atoms with van der Waals surface area (Å²) in [5, 5.41) is 9.03. The minimum atomic E-state index is 0.636. The van der Waals surface area contributed by atoms with Crippen molar-refractivity contribution in [3.8, 4) is 0 Å². The number of hydrogen-bond donors (Lipinski definition) is 1. The van der Waals surface area contributed by atoms with Gasteiger partial charge in [0.25, 0.3) is 0 Å². The van der Waals surface area contributed by atoms with E-state index in [0.717, 1.165) is 41.2 Å². The van der Waals surface area contributed by atoms with Crippen molar-refractivity contribution in [2.45, 2.75) is 45.9 Å². The van der Waals surface area contributed by atoms with Gasteiger partial charge in [0, 0.05) is 17.4 Å². The van der Waals surface area contributed by atoms with Crippen molar-refractivity contribution in [2.24, 2.45) is 10.9 Å². The van der Waals surface area contributed by atoms with E-state index in [0.29, 0.717) is 5.25 Å². The summed E-state index contributed by atoms with van der Waals surface area (Å²) < 4.78 is 5.15. The first-order chi connectivity index (χ1) is 8.56. The van der Waals surface area contributed by atoms with E-state index in [1.807, 2.05) is 25.6 Å². The molecule has 0 saturated carbocycles. The van der Waals surface area contributed by atoms with Crippen LogP contribution in [-0.4, -0.2) is 22.1 Å². The third kappa shape index (κ3) is 3.28. The van der Waals surface area contributed by atoms with Crippen LogP contribution in [0, 0.1) is 19.8 Å². The van der Waals surface area contributed by atoms with Crippen LogP contribution in [0.3, 0.4) is 0 Å². The van der Waals surface area contributed by atoms with Crippen molar-refractivity contribution < 1.29 is 4.52 Å². The fraction of sp³-hybridized carbons (Fsp3) is 0.692. The summed E-state index contributed by atoms with van der Waals surface area (Å²) >= 11 is 1.86. The highest BCUT2D eigenvalue weighted by atomic mass is 32.2. The second kappa shape index (κ2) is 5.78. The van der Waals surface area contributed by atoms with E-state index in [1.54, 1.807) is 0 Å². The van der Waals surface area contributed by atoms with E-state index in [2.05, 4.69) is 29.3 Å². The van der Waals surface area contributed by atoms with Gasteiger partial charge in [-0.05, 0) is 26.2 Å². The molecule has 2 heterocycles. The zero-order chi connectivity index (χ0) is 13.1. The number of nitrogens with zero attached hydrogens (tertiary/aromatic N) is 2. The smallest absolute Gasteiger partial charge is 0.157 e. The first-order valence-corrected chi connectivity index (χ1v) is 7.31. The second-order valence-electron chi connectivity index (χ2n) is 5.17. The zero-order valence-corrected chi connectivity index (χ0v) is 12.3. The Bertz CT molecular complexity index is 420. The Balaban J connectivity index is 1.82. The van der Waals surface area contributed by atoms with Gasteiger partial charge in [0.05, 0.1) is 12.2 Å². The largest absolute Gasteiger partial charge is 0.361 e. The Morgan fingerprint density at radius 1 is 1.44 bits per heavy atom. The number of aryl methyl sites for hydroxylation is 2. The molecule has 0 aromatic carbocycles. The average molecular weight is 267 g/mol. The Hall–Kier alpha value is -0.970. The molecule has 0 bridgehead atoms. The van der Waals surface area contributed by atoms with Gasteiger partial charge in [0.1, 0.15) is 5.76 Å². The van der Waals surface area contributed by atoms with Crippen LogP contribution in [0.25, 0.3) is 0 Å². The summed E-state index contributed by atoms with van der Waals surface area (Å²) in [5.74, 6) is 1.63. The van der Waals surface area contributed by atoms with E-state index in [9.17, 15) is 0 Å². The van der Waals surface area contributed by atoms with Crippen molar-refractivity contribution in [3.63, 3.8) is 0 Å². The number of aromatic nitrogens is 1. The summed E-state index contributed by atoms with van der Waals surface area (Å²) in [5.41, 5.74) is 2.10. The lowest BCUT2D eigenvalue weighted by Crippen LogP contribution is -2.19. The Kier molecular flexibility index (Phi) is 4.32. The average Bonchev–Trinajstić information content (AvgIpc) is 2.84. The van der Waals surface area contributed by atoms with E-state index < -0.39 is 0 Å². The molecule has 1 N–H and O–H groups in total. The highest BCUT2D eigenvalue weighted by Crippen LogP contribution is 2.25. The lowest BCUT2D eigenvalue weighted by Gasteiger charge is -2.11. The summed E-state index contributed by atoms with van der Waals surface area (Å²) in [4.78, 5) is 4.55. The Morgan fingerprint density at radius 3 is 2.83 bits per heavy atom. The first-order valence-electron chi connectivity index (χ1n) is 6.43. The molecule has 0 aliphatic carbocycles. The SMILES string of the molecule is Cc1noc(C)c1CNC1=NCC(CC(C)C)S1. The maximum Gasteiger partial charge on any atom is 0.157 e. The first kappa shape index (κ1) is 13.5. The highest BCUT2D eigenvalue weighted by molar-refractivity contribution is 8.14. The summed E-state index contributed by atoms with van der Waals surface area (Å²) in [6.07, 6.45) is 1.23. The van der Waals surface area contributed by atoms with Gasteiger partial charge in [-0.15, -0.1) is 0 Å². The van der Waals surface area contributed by atoms with Crippen LogP contribution in [0.2, 0.25) is 0 Å². The molecule has 1 atom stereocenters. The number of rotatable bonds is 4. The predicted octanol–water partition coefficient (Wildman–Crippen LogP) is 2.90. The summed E-state index contributed by atoms with van der Waals surface area (Å²) in [7, 11) is 0. The quantitative estimate of drug-likeness (QED) is 0.911. The molecule has 100 valence electrons. The maximum absolute atomic E-state index is 5.15. The number of amidine groups is 1. The van der Waals surface area contributed by atoms with E-state index in [-0.39, 0.29) is 0 Å². The molecular weight excluding hydrogens is 246 g/mol. The fourth-order valence-corrected chi connectivity index (χ4v) is 3.33. The van der Waals surface area contributed by atoms with Crippen LogP contribution in [0.1, 0.15) is 37.3 Å². The molecule has 1 unspecified atom stereocenters. The number of nitrogens with one attached hydrogen (secondary N) is 1. The molecule has 5 heteroatoms. The Morgan fingerprint density at radius 2 is 2.22 bits per heavy atom. The minimum absolute atomic E-state index is 0.636. The molecular formula is C13H21N3OS. The molecule has 0 spiro atoms. The van der Waals surface area contributed by atoms with Crippen LogP contribution in [0.5, 0.6) is 0 Å². The molecule has 2 rings (SSSR count). The van der Waals surface area contributed by atoms with Gasteiger partial charge in [-0.3, -0.25) is 4.99 Å². The van der Waals surface area contributed by atoms with Crippen molar-refractivity contribution in [2.75, 3.05) is 6.54 Å². The summed E-state index contributed by atoms with van der Waals surface area (Å²) in [6.45, 7) is 10.1. The van der Waals surface area contributed by atoms with E-state index in [4.69, 9.17) is 4.52 Å². The van der Waals surface area contributed by atoms with Gasteiger partial charge in [0.15, 0.2) is 5.17 Å². The van der Waals surface area contributed by atoms with Gasteiger partial charge in [-0.2, -0.15) is 0 Å². The van der Waals surface area contributed by atoms with Crippen molar-refractivity contribution >= 4 is 16.9 Å². The van der Waals surface area contributed by atoms with Crippen LogP contribution >= 0.6 is 11.8 Å². The second-order valence-corrected chi connectivity index (χ2v) is 6.46.